The number of amides is 1. The van der Waals surface area contributed by atoms with Crippen molar-refractivity contribution in [2.45, 2.75) is 32.6 Å². The monoisotopic (exact) mass is 306 g/mol. The van der Waals surface area contributed by atoms with E-state index in [0.29, 0.717) is 19.7 Å². The van der Waals surface area contributed by atoms with Gasteiger partial charge in [0.1, 0.15) is 0 Å². The highest BCUT2D eigenvalue weighted by molar-refractivity contribution is 5.82. The smallest absolute Gasteiger partial charge is 0.237 e. The Kier molecular flexibility index (Phi) is 6.36. The average molecular weight is 306 g/mol. The van der Waals surface area contributed by atoms with Crippen LogP contribution in [0.5, 0.6) is 0 Å². The highest BCUT2D eigenvalue weighted by Gasteiger charge is 2.32. The third-order valence-corrected chi connectivity index (χ3v) is 3.86. The standard InChI is InChI=1S/C17H26N2O3/c1-13(2)16-17(21)18-8-9-19(16)10-15(20)12-22-11-14-6-4-3-5-7-14/h3-7,13,15-16,20H,8-12H2,1-2H3,(H,18,21). The van der Waals surface area contributed by atoms with Crippen molar-refractivity contribution >= 4 is 5.91 Å². The van der Waals surface area contributed by atoms with Crippen LogP contribution < -0.4 is 5.32 Å². The Labute approximate surface area is 132 Å². The fraction of sp³-hybridized carbons (Fsp3) is 0.588. The number of hydrogen-bond donors (Lipinski definition) is 2. The number of carbonyl (C=O) groups excluding carboxylic acids is 1. The summed E-state index contributed by atoms with van der Waals surface area (Å²) in [5, 5.41) is 13.1. The number of benzene rings is 1. The minimum absolute atomic E-state index is 0.0543. The van der Waals surface area contributed by atoms with Crippen molar-refractivity contribution in [2.24, 2.45) is 5.92 Å². The van der Waals surface area contributed by atoms with Crippen LogP contribution in [0.2, 0.25) is 0 Å². The highest BCUT2D eigenvalue weighted by Crippen LogP contribution is 2.14. The molecule has 1 aliphatic heterocycles. The van der Waals surface area contributed by atoms with Gasteiger partial charge in [0, 0.05) is 19.6 Å². The second-order valence-corrected chi connectivity index (χ2v) is 6.13. The summed E-state index contributed by atoms with van der Waals surface area (Å²) in [6.45, 7) is 6.69. The zero-order valence-corrected chi connectivity index (χ0v) is 13.4. The number of piperazine rings is 1. The fourth-order valence-corrected chi connectivity index (χ4v) is 2.87. The van der Waals surface area contributed by atoms with Gasteiger partial charge in [0.15, 0.2) is 0 Å². The molecule has 0 aliphatic carbocycles. The molecule has 1 aromatic rings. The van der Waals surface area contributed by atoms with Crippen LogP contribution in [0, 0.1) is 5.92 Å². The van der Waals surface area contributed by atoms with E-state index in [-0.39, 0.29) is 24.5 Å². The Morgan fingerprint density at radius 3 is 2.77 bits per heavy atom. The fourth-order valence-electron chi connectivity index (χ4n) is 2.87. The van der Waals surface area contributed by atoms with Gasteiger partial charge in [-0.1, -0.05) is 44.2 Å². The number of aliphatic hydroxyl groups excluding tert-OH is 1. The zero-order valence-electron chi connectivity index (χ0n) is 13.4. The molecule has 2 rings (SSSR count). The van der Waals surface area contributed by atoms with Crippen LogP contribution in [0.3, 0.4) is 0 Å². The Morgan fingerprint density at radius 2 is 2.09 bits per heavy atom. The van der Waals surface area contributed by atoms with E-state index in [1.165, 1.54) is 0 Å². The van der Waals surface area contributed by atoms with Gasteiger partial charge < -0.3 is 15.2 Å². The lowest BCUT2D eigenvalue weighted by Crippen LogP contribution is -2.59. The van der Waals surface area contributed by atoms with Crippen molar-refractivity contribution in [3.8, 4) is 0 Å². The molecule has 122 valence electrons. The van der Waals surface area contributed by atoms with Gasteiger partial charge in [0.05, 0.1) is 25.4 Å². The first-order valence-electron chi connectivity index (χ1n) is 7.89. The number of nitrogens with zero attached hydrogens (tertiary/aromatic N) is 1. The van der Waals surface area contributed by atoms with Gasteiger partial charge in [-0.05, 0) is 11.5 Å². The summed E-state index contributed by atoms with van der Waals surface area (Å²) in [4.78, 5) is 14.0. The van der Waals surface area contributed by atoms with E-state index >= 15 is 0 Å². The third kappa shape index (κ3) is 4.80. The molecule has 0 radical (unpaired) electrons. The molecule has 1 aliphatic rings. The lowest BCUT2D eigenvalue weighted by Gasteiger charge is -2.38. The normalized spacial score (nSPS) is 20.9. The summed E-state index contributed by atoms with van der Waals surface area (Å²) in [5.74, 6) is 0.274. The van der Waals surface area contributed by atoms with Crippen LogP contribution in [0.15, 0.2) is 30.3 Å². The van der Waals surface area contributed by atoms with Crippen LogP contribution in [0.25, 0.3) is 0 Å². The summed E-state index contributed by atoms with van der Waals surface area (Å²) in [7, 11) is 0. The van der Waals surface area contributed by atoms with Crippen molar-refractivity contribution < 1.29 is 14.6 Å². The second-order valence-electron chi connectivity index (χ2n) is 6.13. The van der Waals surface area contributed by atoms with E-state index in [9.17, 15) is 9.90 Å². The first kappa shape index (κ1) is 16.9. The largest absolute Gasteiger partial charge is 0.389 e. The minimum Gasteiger partial charge on any atom is -0.389 e. The van der Waals surface area contributed by atoms with Gasteiger partial charge in [-0.25, -0.2) is 0 Å². The van der Waals surface area contributed by atoms with Crippen LogP contribution >= 0.6 is 0 Å². The molecule has 0 bridgehead atoms. The summed E-state index contributed by atoms with van der Waals surface area (Å²) in [6, 6.07) is 9.72. The SMILES string of the molecule is CC(C)C1C(=O)NCCN1CC(O)COCc1ccccc1. The Bertz CT molecular complexity index is 464. The van der Waals surface area contributed by atoms with Crippen molar-refractivity contribution in [3.05, 3.63) is 35.9 Å². The van der Waals surface area contributed by atoms with Crippen molar-refractivity contribution in [1.82, 2.24) is 10.2 Å². The summed E-state index contributed by atoms with van der Waals surface area (Å²) in [5.41, 5.74) is 1.09. The predicted molar refractivity (Wildman–Crippen MR) is 85.3 cm³/mol. The molecule has 2 unspecified atom stereocenters. The van der Waals surface area contributed by atoms with Crippen molar-refractivity contribution in [2.75, 3.05) is 26.2 Å². The number of nitrogens with one attached hydrogen (secondary N) is 1. The molecule has 1 fully saturated rings. The molecule has 1 saturated heterocycles. The number of rotatable bonds is 7. The highest BCUT2D eigenvalue weighted by atomic mass is 16.5. The predicted octanol–water partition coefficient (Wildman–Crippen LogP) is 1.02. The molecule has 2 atom stereocenters. The van der Waals surface area contributed by atoms with Crippen molar-refractivity contribution in [1.29, 1.82) is 0 Å². The third-order valence-electron chi connectivity index (χ3n) is 3.86. The molecule has 0 saturated carbocycles. The molecule has 1 amide bonds. The number of β-amino-alcohol motifs (C(OH)–C–C–N with tert-alkyl or cyclic N) is 1. The van der Waals surface area contributed by atoms with E-state index in [0.717, 1.165) is 12.1 Å². The maximum atomic E-state index is 12.0. The maximum absolute atomic E-state index is 12.0. The van der Waals surface area contributed by atoms with Gasteiger partial charge in [-0.2, -0.15) is 0 Å². The van der Waals surface area contributed by atoms with Gasteiger partial charge in [0.25, 0.3) is 0 Å². The van der Waals surface area contributed by atoms with Gasteiger partial charge in [0.2, 0.25) is 5.91 Å². The zero-order chi connectivity index (χ0) is 15.9. The molecule has 1 heterocycles. The van der Waals surface area contributed by atoms with Gasteiger partial charge in [-0.15, -0.1) is 0 Å². The quantitative estimate of drug-likeness (QED) is 0.789. The average Bonchev–Trinajstić information content (AvgIpc) is 2.48. The van der Waals surface area contributed by atoms with E-state index in [4.69, 9.17) is 4.74 Å². The van der Waals surface area contributed by atoms with Crippen LogP contribution in [0.1, 0.15) is 19.4 Å². The Hall–Kier alpha value is -1.43. The topological polar surface area (TPSA) is 61.8 Å². The number of aliphatic hydroxyl groups is 1. The lowest BCUT2D eigenvalue weighted by molar-refractivity contribution is -0.132. The lowest BCUT2D eigenvalue weighted by atomic mass is 9.99. The minimum atomic E-state index is -0.587. The number of hydrogen-bond acceptors (Lipinski definition) is 4. The van der Waals surface area contributed by atoms with Crippen LogP contribution in [-0.2, 0) is 16.1 Å². The first-order chi connectivity index (χ1) is 10.6. The molecular weight excluding hydrogens is 280 g/mol. The van der Waals surface area contributed by atoms with E-state index in [1.807, 2.05) is 44.2 Å². The van der Waals surface area contributed by atoms with Crippen molar-refractivity contribution in [3.63, 3.8) is 0 Å². The summed E-state index contributed by atoms with van der Waals surface area (Å²) < 4.78 is 5.57. The molecule has 5 heteroatoms. The summed E-state index contributed by atoms with van der Waals surface area (Å²) >= 11 is 0. The molecule has 22 heavy (non-hydrogen) atoms. The maximum Gasteiger partial charge on any atom is 0.237 e. The van der Waals surface area contributed by atoms with Gasteiger partial charge in [-0.3, -0.25) is 9.69 Å². The molecule has 1 aromatic carbocycles. The van der Waals surface area contributed by atoms with Gasteiger partial charge >= 0.3 is 0 Å². The Morgan fingerprint density at radius 1 is 1.36 bits per heavy atom. The van der Waals surface area contributed by atoms with Crippen LogP contribution in [-0.4, -0.2) is 54.3 Å². The molecule has 5 nitrogen and oxygen atoms in total. The molecular formula is C17H26N2O3. The molecule has 2 N–H and O–H groups in total. The van der Waals surface area contributed by atoms with E-state index in [2.05, 4.69) is 10.2 Å². The molecule has 0 spiro atoms. The van der Waals surface area contributed by atoms with E-state index in [1.54, 1.807) is 0 Å². The first-order valence-corrected chi connectivity index (χ1v) is 7.89. The van der Waals surface area contributed by atoms with E-state index < -0.39 is 6.10 Å². The summed E-state index contributed by atoms with van der Waals surface area (Å²) in [6.07, 6.45) is -0.587. The molecule has 0 aromatic heterocycles. The Balaban J connectivity index is 1.78. The number of ether oxygens (including phenoxy) is 1. The number of carbonyl (C=O) groups is 1. The second kappa shape index (κ2) is 8.27. The van der Waals surface area contributed by atoms with Crippen LogP contribution in [0.4, 0.5) is 0 Å².